The molecule has 0 aromatic heterocycles. The van der Waals surface area contributed by atoms with Crippen LogP contribution in [0.3, 0.4) is 0 Å². The van der Waals surface area contributed by atoms with Crippen LogP contribution in [0.15, 0.2) is 47.1 Å². The second kappa shape index (κ2) is 6.00. The summed E-state index contributed by atoms with van der Waals surface area (Å²) in [7, 11) is 0. The maximum atomic E-state index is 2.41. The number of aryl methyl sites for hydroxylation is 1. The summed E-state index contributed by atoms with van der Waals surface area (Å²) in [6.45, 7) is 7.06. The number of fused-ring (bicyclic) bond motifs is 1. The molecule has 1 aromatic carbocycles. The van der Waals surface area contributed by atoms with Crippen molar-refractivity contribution >= 4 is 6.08 Å². The van der Waals surface area contributed by atoms with Gasteiger partial charge >= 0.3 is 0 Å². The largest absolute Gasteiger partial charge is 0.153 e. The number of hydrogen-bond acceptors (Lipinski definition) is 0. The fraction of sp³-hybridized carbons (Fsp3) is 0.381. The van der Waals surface area contributed by atoms with Gasteiger partial charge in [-0.3, -0.25) is 0 Å². The van der Waals surface area contributed by atoms with Gasteiger partial charge in [0.05, 0.1) is 0 Å². The van der Waals surface area contributed by atoms with Crippen LogP contribution in [-0.2, 0) is 32.3 Å². The number of allylic oxidation sites excluding steroid dienone is 7. The van der Waals surface area contributed by atoms with Crippen LogP contribution in [0.2, 0.25) is 0 Å². The van der Waals surface area contributed by atoms with E-state index < -0.39 is 0 Å². The van der Waals surface area contributed by atoms with E-state index in [9.17, 15) is 0 Å². The van der Waals surface area contributed by atoms with Gasteiger partial charge in [-0.1, -0.05) is 57.1 Å². The van der Waals surface area contributed by atoms with Crippen molar-refractivity contribution in [2.45, 2.75) is 46.0 Å². The van der Waals surface area contributed by atoms with Gasteiger partial charge in [0.1, 0.15) is 0 Å². The van der Waals surface area contributed by atoms with E-state index in [0.29, 0.717) is 11.8 Å². The van der Waals surface area contributed by atoms with Crippen LogP contribution in [0.25, 0.3) is 6.08 Å². The Bertz CT molecular complexity index is 719. The first-order valence-corrected chi connectivity index (χ1v) is 8.23. The molecule has 0 amide bonds. The van der Waals surface area contributed by atoms with Gasteiger partial charge in [-0.15, -0.1) is 17.7 Å². The van der Waals surface area contributed by atoms with Crippen molar-refractivity contribution < 1.29 is 25.8 Å². The molecule has 3 aliphatic carbocycles. The Morgan fingerprint density at radius 1 is 1.18 bits per heavy atom. The number of hydrogen-bond donors (Lipinski definition) is 0. The Morgan fingerprint density at radius 2 is 2.00 bits per heavy atom. The molecule has 0 nitrogen and oxygen atoms in total. The molecule has 1 unspecified atom stereocenters. The molecule has 0 heterocycles. The third-order valence-corrected chi connectivity index (χ3v) is 5.37. The molecule has 4 rings (SSSR count). The van der Waals surface area contributed by atoms with Gasteiger partial charge in [-0.25, -0.2) is 0 Å². The van der Waals surface area contributed by atoms with E-state index in [0.717, 1.165) is 6.42 Å². The molecule has 112 valence electrons. The first-order valence-electron chi connectivity index (χ1n) is 8.23. The van der Waals surface area contributed by atoms with Gasteiger partial charge in [-0.2, -0.15) is 16.7 Å². The van der Waals surface area contributed by atoms with Crippen LogP contribution in [0, 0.1) is 12.8 Å². The average Bonchev–Trinajstić information content (AvgIpc) is 3.06. The molecule has 3 aliphatic rings. The van der Waals surface area contributed by atoms with Gasteiger partial charge < -0.3 is 0 Å². The van der Waals surface area contributed by atoms with E-state index >= 15 is 0 Å². The molecule has 2 bridgehead atoms. The minimum absolute atomic E-state index is 0. The molecular formula is C21H23Hf-. The molecule has 0 radical (unpaired) electrons. The van der Waals surface area contributed by atoms with Gasteiger partial charge in [0.15, 0.2) is 0 Å². The zero-order valence-corrected chi connectivity index (χ0v) is 17.3. The molecule has 0 spiro atoms. The minimum atomic E-state index is 0. The second-order valence-corrected chi connectivity index (χ2v) is 6.99. The molecule has 1 aromatic rings. The van der Waals surface area contributed by atoms with E-state index in [-0.39, 0.29) is 25.8 Å². The van der Waals surface area contributed by atoms with Crippen LogP contribution in [0.1, 0.15) is 54.9 Å². The summed E-state index contributed by atoms with van der Waals surface area (Å²) in [5, 5.41) is 0. The first-order chi connectivity index (χ1) is 10.2. The molecular weight excluding hydrogens is 431 g/mol. The van der Waals surface area contributed by atoms with E-state index in [1.54, 1.807) is 16.7 Å². The van der Waals surface area contributed by atoms with Crippen LogP contribution >= 0.6 is 0 Å². The summed E-state index contributed by atoms with van der Waals surface area (Å²) in [6, 6.07) is 2.41. The Morgan fingerprint density at radius 3 is 2.68 bits per heavy atom. The van der Waals surface area contributed by atoms with Crippen molar-refractivity contribution in [1.29, 1.82) is 0 Å². The first kappa shape index (κ1) is 16.1. The topological polar surface area (TPSA) is 0 Å². The zero-order chi connectivity index (χ0) is 14.6. The van der Waals surface area contributed by atoms with Crippen molar-refractivity contribution in [1.82, 2.24) is 0 Å². The quantitative estimate of drug-likeness (QED) is 0.403. The molecule has 0 saturated heterocycles. The standard InChI is InChI=1S/C21H23.Hf/c1-13(2)20-19-11-10-17-14(3)12-16(21(17)20)8-9-18(19)15-6-4-5-7-15;/h4-6,8-9,12-13,20H,7,10-11H2,1-3H3;/q-1;. The molecule has 1 atom stereocenters. The molecule has 0 fully saturated rings. The van der Waals surface area contributed by atoms with Crippen LogP contribution in [-0.4, -0.2) is 0 Å². The predicted octanol–water partition coefficient (Wildman–Crippen LogP) is 5.61. The van der Waals surface area contributed by atoms with Crippen LogP contribution < -0.4 is 0 Å². The summed E-state index contributed by atoms with van der Waals surface area (Å²) < 4.78 is 0. The summed E-state index contributed by atoms with van der Waals surface area (Å²) in [5.41, 5.74) is 11.0. The Labute approximate surface area is 152 Å². The number of rotatable bonds is 2. The van der Waals surface area contributed by atoms with Gasteiger partial charge in [-0.05, 0) is 35.8 Å². The van der Waals surface area contributed by atoms with Crippen molar-refractivity contribution in [3.05, 3.63) is 69.3 Å². The Balaban J connectivity index is 0.00000144. The zero-order valence-electron chi connectivity index (χ0n) is 13.7. The summed E-state index contributed by atoms with van der Waals surface area (Å²) >= 11 is 0. The summed E-state index contributed by atoms with van der Waals surface area (Å²) in [5.74, 6) is 1.29. The van der Waals surface area contributed by atoms with E-state index in [1.807, 2.05) is 0 Å². The molecule has 0 saturated carbocycles. The van der Waals surface area contributed by atoms with Crippen molar-refractivity contribution in [2.24, 2.45) is 5.92 Å². The minimum Gasteiger partial charge on any atom is -0.153 e. The second-order valence-electron chi connectivity index (χ2n) is 6.99. The fourth-order valence-corrected chi connectivity index (χ4v) is 4.49. The molecule has 22 heavy (non-hydrogen) atoms. The smallest absolute Gasteiger partial charge is 0 e. The summed E-state index contributed by atoms with van der Waals surface area (Å²) in [6.07, 6.45) is 15.1. The van der Waals surface area contributed by atoms with Crippen LogP contribution in [0.4, 0.5) is 0 Å². The normalized spacial score (nSPS) is 22.0. The van der Waals surface area contributed by atoms with Crippen molar-refractivity contribution in [3.63, 3.8) is 0 Å². The molecule has 0 N–H and O–H groups in total. The van der Waals surface area contributed by atoms with Gasteiger partial charge in [0.25, 0.3) is 0 Å². The van der Waals surface area contributed by atoms with Crippen molar-refractivity contribution in [3.8, 4) is 0 Å². The SMILES string of the molecule is Cc1[cH-]c2c3c1CCC(=C(C1=CC=CC1)C=C2)C3C(C)C.[Hf]. The fourth-order valence-electron chi connectivity index (χ4n) is 4.49. The third kappa shape index (κ3) is 2.33. The maximum Gasteiger partial charge on any atom is 0 e. The van der Waals surface area contributed by atoms with E-state index in [1.165, 1.54) is 35.1 Å². The average molecular weight is 454 g/mol. The monoisotopic (exact) mass is 455 g/mol. The maximum absolute atomic E-state index is 2.41. The predicted molar refractivity (Wildman–Crippen MR) is 90.6 cm³/mol. The van der Waals surface area contributed by atoms with Gasteiger partial charge in [0, 0.05) is 25.8 Å². The Kier molecular flexibility index (Phi) is 4.38. The molecule has 0 aliphatic heterocycles. The van der Waals surface area contributed by atoms with E-state index in [2.05, 4.69) is 57.2 Å². The van der Waals surface area contributed by atoms with E-state index in [4.69, 9.17) is 0 Å². The van der Waals surface area contributed by atoms with Gasteiger partial charge in [0.2, 0.25) is 0 Å². The Hall–Kier alpha value is -0.820. The van der Waals surface area contributed by atoms with Crippen molar-refractivity contribution in [2.75, 3.05) is 0 Å². The van der Waals surface area contributed by atoms with Crippen LogP contribution in [0.5, 0.6) is 0 Å². The molecule has 1 heteroatoms. The third-order valence-electron chi connectivity index (χ3n) is 5.37. The summed E-state index contributed by atoms with van der Waals surface area (Å²) in [4.78, 5) is 0.